The van der Waals surface area contributed by atoms with E-state index in [9.17, 15) is 0 Å². The lowest BCUT2D eigenvalue weighted by Crippen LogP contribution is -2.25. The molecule has 0 fully saturated rings. The van der Waals surface area contributed by atoms with E-state index in [1.165, 1.54) is 11.8 Å². The van der Waals surface area contributed by atoms with Gasteiger partial charge in [0.05, 0.1) is 0 Å². The molecule has 1 N–H and O–H groups in total. The number of hydrogen-bond donors (Lipinski definition) is 1. The second-order valence-corrected chi connectivity index (χ2v) is 5.29. The van der Waals surface area contributed by atoms with E-state index in [0.717, 1.165) is 24.1 Å². The zero-order chi connectivity index (χ0) is 15.4. The van der Waals surface area contributed by atoms with Gasteiger partial charge in [-0.2, -0.15) is 15.0 Å². The van der Waals surface area contributed by atoms with Crippen LogP contribution in [0.1, 0.15) is 19.7 Å². The fraction of sp³-hybridized carbons (Fsp3) is 0.583. The SMILES string of the molecule is CCN(CC)c1nc(NC)nc(Sc2nnc(C)n2C)n1. The predicted molar refractivity (Wildman–Crippen MR) is 82.8 cm³/mol. The van der Waals surface area contributed by atoms with E-state index in [-0.39, 0.29) is 0 Å². The summed E-state index contributed by atoms with van der Waals surface area (Å²) in [5, 5.41) is 12.5. The molecule has 0 saturated heterocycles. The van der Waals surface area contributed by atoms with E-state index in [1.807, 2.05) is 18.5 Å². The normalized spacial score (nSPS) is 10.7. The van der Waals surface area contributed by atoms with Crippen molar-refractivity contribution in [3.05, 3.63) is 5.82 Å². The van der Waals surface area contributed by atoms with Crippen molar-refractivity contribution < 1.29 is 0 Å². The summed E-state index contributed by atoms with van der Waals surface area (Å²) in [6.07, 6.45) is 0. The number of nitrogens with zero attached hydrogens (tertiary/aromatic N) is 7. The van der Waals surface area contributed by atoms with Gasteiger partial charge < -0.3 is 14.8 Å². The summed E-state index contributed by atoms with van der Waals surface area (Å²) < 4.78 is 1.91. The monoisotopic (exact) mass is 308 g/mol. The lowest BCUT2D eigenvalue weighted by Gasteiger charge is -2.19. The quantitative estimate of drug-likeness (QED) is 0.856. The van der Waals surface area contributed by atoms with Crippen LogP contribution >= 0.6 is 11.8 Å². The first-order valence-electron chi connectivity index (χ1n) is 6.81. The predicted octanol–water partition coefficient (Wildman–Crippen LogP) is 1.35. The average Bonchev–Trinajstić information content (AvgIpc) is 2.80. The zero-order valence-electron chi connectivity index (χ0n) is 13.0. The molecule has 9 heteroatoms. The minimum atomic E-state index is 0.549. The van der Waals surface area contributed by atoms with Crippen LogP contribution in [0.15, 0.2) is 10.3 Å². The van der Waals surface area contributed by atoms with Crippen LogP contribution in [0.4, 0.5) is 11.9 Å². The third kappa shape index (κ3) is 3.41. The highest BCUT2D eigenvalue weighted by Gasteiger charge is 2.14. The van der Waals surface area contributed by atoms with Gasteiger partial charge in [0.2, 0.25) is 17.1 Å². The lowest BCUT2D eigenvalue weighted by atomic mass is 10.5. The molecule has 0 atom stereocenters. The van der Waals surface area contributed by atoms with E-state index < -0.39 is 0 Å². The van der Waals surface area contributed by atoms with Crippen molar-refractivity contribution in [2.24, 2.45) is 7.05 Å². The van der Waals surface area contributed by atoms with Crippen molar-refractivity contribution in [3.8, 4) is 0 Å². The maximum absolute atomic E-state index is 4.51. The summed E-state index contributed by atoms with van der Waals surface area (Å²) in [6, 6.07) is 0. The topological polar surface area (TPSA) is 84.7 Å². The molecule has 0 amide bonds. The number of rotatable bonds is 6. The minimum absolute atomic E-state index is 0.549. The second-order valence-electron chi connectivity index (χ2n) is 4.35. The van der Waals surface area contributed by atoms with E-state index >= 15 is 0 Å². The van der Waals surface area contributed by atoms with E-state index in [2.05, 4.69) is 49.2 Å². The second kappa shape index (κ2) is 6.70. The first-order chi connectivity index (χ1) is 10.1. The van der Waals surface area contributed by atoms with Crippen molar-refractivity contribution in [1.82, 2.24) is 29.7 Å². The van der Waals surface area contributed by atoms with Crippen LogP contribution in [0, 0.1) is 6.92 Å². The molecule has 0 spiro atoms. The fourth-order valence-corrected chi connectivity index (χ4v) is 2.48. The number of aryl methyl sites for hydroxylation is 1. The van der Waals surface area contributed by atoms with Crippen LogP contribution < -0.4 is 10.2 Å². The van der Waals surface area contributed by atoms with Gasteiger partial charge in [-0.3, -0.25) is 0 Å². The summed E-state index contributed by atoms with van der Waals surface area (Å²) in [5.74, 6) is 2.07. The Hall–Kier alpha value is -1.90. The molecule has 0 aliphatic heterocycles. The summed E-state index contributed by atoms with van der Waals surface area (Å²) in [4.78, 5) is 15.4. The van der Waals surface area contributed by atoms with Crippen LogP contribution in [-0.2, 0) is 7.05 Å². The summed E-state index contributed by atoms with van der Waals surface area (Å²) >= 11 is 1.38. The Labute approximate surface area is 128 Å². The third-order valence-corrected chi connectivity index (χ3v) is 4.01. The van der Waals surface area contributed by atoms with Crippen LogP contribution in [0.3, 0.4) is 0 Å². The highest BCUT2D eigenvalue weighted by Crippen LogP contribution is 2.25. The first kappa shape index (κ1) is 15.5. The minimum Gasteiger partial charge on any atom is -0.357 e. The molecule has 8 nitrogen and oxygen atoms in total. The van der Waals surface area contributed by atoms with Gasteiger partial charge in [0.25, 0.3) is 0 Å². The standard InChI is InChI=1S/C12H20N8S/c1-6-20(7-2)10-14-9(13-4)15-11(16-10)21-12-18-17-8(3)19(12)5/h6-7H2,1-5H3,(H,13,14,15,16). The Morgan fingerprint density at radius 3 is 2.38 bits per heavy atom. The third-order valence-electron chi connectivity index (χ3n) is 3.11. The fourth-order valence-electron chi connectivity index (χ4n) is 1.71. The van der Waals surface area contributed by atoms with Crippen molar-refractivity contribution in [1.29, 1.82) is 0 Å². The molecule has 2 aromatic rings. The molecule has 0 aromatic carbocycles. The van der Waals surface area contributed by atoms with Crippen LogP contribution in [0.5, 0.6) is 0 Å². The molecule has 0 saturated carbocycles. The Morgan fingerprint density at radius 1 is 1.14 bits per heavy atom. The lowest BCUT2D eigenvalue weighted by molar-refractivity contribution is 0.755. The van der Waals surface area contributed by atoms with Gasteiger partial charge in [0, 0.05) is 27.2 Å². The number of nitrogens with one attached hydrogen (secondary N) is 1. The van der Waals surface area contributed by atoms with Gasteiger partial charge in [-0.25, -0.2) is 0 Å². The maximum atomic E-state index is 4.51. The van der Waals surface area contributed by atoms with Crippen LogP contribution in [0.25, 0.3) is 0 Å². The van der Waals surface area contributed by atoms with Gasteiger partial charge in [0.1, 0.15) is 5.82 Å². The average molecular weight is 308 g/mol. The van der Waals surface area contributed by atoms with Crippen molar-refractivity contribution in [2.75, 3.05) is 30.4 Å². The van der Waals surface area contributed by atoms with E-state index in [1.54, 1.807) is 7.05 Å². The molecule has 114 valence electrons. The largest absolute Gasteiger partial charge is 0.357 e. The van der Waals surface area contributed by atoms with Gasteiger partial charge in [0.15, 0.2) is 5.16 Å². The van der Waals surface area contributed by atoms with Crippen LogP contribution in [0.2, 0.25) is 0 Å². The van der Waals surface area contributed by atoms with Gasteiger partial charge in [-0.15, -0.1) is 10.2 Å². The molecule has 21 heavy (non-hydrogen) atoms. The molecule has 2 aromatic heterocycles. The van der Waals surface area contributed by atoms with E-state index in [4.69, 9.17) is 0 Å². The Bertz CT molecular complexity index is 607. The van der Waals surface area contributed by atoms with Crippen molar-refractivity contribution >= 4 is 23.7 Å². The number of hydrogen-bond acceptors (Lipinski definition) is 8. The maximum Gasteiger partial charge on any atom is 0.231 e. The molecule has 0 unspecified atom stereocenters. The zero-order valence-corrected chi connectivity index (χ0v) is 13.8. The van der Waals surface area contributed by atoms with Gasteiger partial charge >= 0.3 is 0 Å². The van der Waals surface area contributed by atoms with Crippen molar-refractivity contribution in [2.45, 2.75) is 31.1 Å². The molecule has 0 radical (unpaired) electrons. The summed E-state index contributed by atoms with van der Waals surface area (Å²) in [6.45, 7) is 7.74. The molecule has 0 aliphatic rings. The van der Waals surface area contributed by atoms with Crippen molar-refractivity contribution in [3.63, 3.8) is 0 Å². The molecule has 2 rings (SSSR count). The highest BCUT2D eigenvalue weighted by atomic mass is 32.2. The smallest absolute Gasteiger partial charge is 0.231 e. The number of aromatic nitrogens is 6. The Balaban J connectivity index is 2.34. The molecule has 0 bridgehead atoms. The summed E-state index contributed by atoms with van der Waals surface area (Å²) in [5.41, 5.74) is 0. The molecule has 2 heterocycles. The highest BCUT2D eigenvalue weighted by molar-refractivity contribution is 7.99. The Kier molecular flexibility index (Phi) is 4.94. The van der Waals surface area contributed by atoms with Gasteiger partial charge in [-0.05, 0) is 32.5 Å². The molecule has 0 aliphatic carbocycles. The first-order valence-corrected chi connectivity index (χ1v) is 7.63. The number of anilines is 2. The molecular formula is C12H20N8S. The Morgan fingerprint density at radius 2 is 1.86 bits per heavy atom. The van der Waals surface area contributed by atoms with Gasteiger partial charge in [-0.1, -0.05) is 0 Å². The summed E-state index contributed by atoms with van der Waals surface area (Å²) in [7, 11) is 3.71. The molecular weight excluding hydrogens is 288 g/mol. The van der Waals surface area contributed by atoms with Crippen LogP contribution in [-0.4, -0.2) is 49.9 Å². The van der Waals surface area contributed by atoms with E-state index in [0.29, 0.717) is 17.1 Å².